The van der Waals surface area contributed by atoms with Crippen molar-refractivity contribution in [1.82, 2.24) is 34.1 Å². The first-order chi connectivity index (χ1) is 16.5. The first-order valence-electron chi connectivity index (χ1n) is 10.1. The summed E-state index contributed by atoms with van der Waals surface area (Å²) in [6.45, 7) is -2.65. The molecular formula is C20H16ClF5N8O. The summed E-state index contributed by atoms with van der Waals surface area (Å²) in [6, 6.07) is 4.97. The van der Waals surface area contributed by atoms with Gasteiger partial charge in [0.2, 0.25) is 0 Å². The Morgan fingerprint density at radius 3 is 2.71 bits per heavy atom. The highest BCUT2D eigenvalue weighted by molar-refractivity contribution is 6.33. The maximum Gasteiger partial charge on any atom is 0.522 e. The van der Waals surface area contributed by atoms with E-state index in [2.05, 4.69) is 30.3 Å². The van der Waals surface area contributed by atoms with E-state index >= 15 is 0 Å². The van der Waals surface area contributed by atoms with Crippen LogP contribution >= 0.6 is 11.6 Å². The van der Waals surface area contributed by atoms with E-state index in [0.717, 1.165) is 4.57 Å². The van der Waals surface area contributed by atoms with Gasteiger partial charge in [-0.1, -0.05) is 11.6 Å². The fraction of sp³-hybridized carbons (Fsp3) is 0.300. The van der Waals surface area contributed by atoms with Crippen LogP contribution in [0.15, 0.2) is 36.8 Å². The summed E-state index contributed by atoms with van der Waals surface area (Å²) in [7, 11) is 1.74. The summed E-state index contributed by atoms with van der Waals surface area (Å²) in [6.07, 6.45) is -0.433. The average molecular weight is 515 g/mol. The number of aromatic nitrogens is 7. The number of fused-ring (bicyclic) bond motifs is 3. The van der Waals surface area contributed by atoms with Crippen LogP contribution in [0, 0.1) is 0 Å². The lowest BCUT2D eigenvalue weighted by atomic mass is 10.1. The zero-order valence-corrected chi connectivity index (χ0v) is 18.6. The van der Waals surface area contributed by atoms with Crippen LogP contribution < -0.4 is 5.32 Å². The van der Waals surface area contributed by atoms with E-state index in [9.17, 15) is 22.0 Å². The second-order valence-corrected chi connectivity index (χ2v) is 8.28. The minimum atomic E-state index is -4.94. The Kier molecular flexibility index (Phi) is 5.51. The SMILES string of the molecule is Cn1nccc1Nc1cc(-c2cc3n(c2)CC(F)(F)Cn2c(COC(F)(F)F)nnc2-3)c(Cl)cn1. The molecule has 9 nitrogen and oxygen atoms in total. The van der Waals surface area contributed by atoms with E-state index in [1.165, 1.54) is 17.0 Å². The van der Waals surface area contributed by atoms with E-state index in [0.29, 0.717) is 22.8 Å². The van der Waals surface area contributed by atoms with Gasteiger partial charge in [0, 0.05) is 36.6 Å². The second kappa shape index (κ2) is 8.30. The molecule has 0 aromatic carbocycles. The fourth-order valence-electron chi connectivity index (χ4n) is 3.81. The number of hydrogen-bond acceptors (Lipinski definition) is 6. The van der Waals surface area contributed by atoms with Crippen molar-refractivity contribution in [3.8, 4) is 22.6 Å². The number of anilines is 2. The van der Waals surface area contributed by atoms with Gasteiger partial charge in [-0.2, -0.15) is 5.10 Å². The lowest BCUT2D eigenvalue weighted by Crippen LogP contribution is -2.28. The lowest BCUT2D eigenvalue weighted by Gasteiger charge is -2.16. The highest BCUT2D eigenvalue weighted by Gasteiger charge is 2.38. The van der Waals surface area contributed by atoms with Gasteiger partial charge < -0.3 is 14.5 Å². The van der Waals surface area contributed by atoms with Crippen molar-refractivity contribution in [3.05, 3.63) is 47.6 Å². The number of nitrogens with zero attached hydrogens (tertiary/aromatic N) is 7. The number of ether oxygens (including phenoxy) is 1. The Bertz CT molecular complexity index is 1390. The minimum Gasteiger partial charge on any atom is -0.338 e. The first-order valence-corrected chi connectivity index (χ1v) is 10.5. The van der Waals surface area contributed by atoms with E-state index in [4.69, 9.17) is 11.6 Å². The van der Waals surface area contributed by atoms with Crippen LogP contribution in [0.25, 0.3) is 22.6 Å². The fourth-order valence-corrected chi connectivity index (χ4v) is 4.02. The van der Waals surface area contributed by atoms with E-state index in [1.807, 2.05) is 0 Å². The monoisotopic (exact) mass is 514 g/mol. The predicted molar refractivity (Wildman–Crippen MR) is 114 cm³/mol. The number of aryl methyl sites for hydroxylation is 1. The van der Waals surface area contributed by atoms with Crippen LogP contribution in [-0.2, 0) is 31.5 Å². The molecule has 1 aliphatic rings. The quantitative estimate of drug-likeness (QED) is 0.391. The number of hydrogen-bond donors (Lipinski definition) is 1. The summed E-state index contributed by atoms with van der Waals surface area (Å²) in [4.78, 5) is 4.24. The standard InChI is InChI=1S/C20H16ClF5N8O/c1-32-16(2-3-28-32)29-15-5-12(13(21)6-27-15)11-4-14-18-31-30-17(8-35-20(24,25)26)34(18)10-19(22,23)9-33(14)7-11/h2-7H,8-10H2,1H3,(H,27,29). The topological polar surface area (TPSA) is 87.6 Å². The van der Waals surface area contributed by atoms with Crippen LogP contribution in [0.1, 0.15) is 5.82 Å². The Hall–Kier alpha value is -3.52. The third-order valence-corrected chi connectivity index (χ3v) is 5.65. The van der Waals surface area contributed by atoms with Gasteiger partial charge in [0.1, 0.15) is 18.2 Å². The third-order valence-electron chi connectivity index (χ3n) is 5.35. The Labute approximate surface area is 199 Å². The van der Waals surface area contributed by atoms with Crippen LogP contribution in [0.5, 0.6) is 0 Å². The van der Waals surface area contributed by atoms with Crippen LogP contribution in [0.2, 0.25) is 5.02 Å². The van der Waals surface area contributed by atoms with Gasteiger partial charge in [0.05, 0.1) is 30.0 Å². The highest BCUT2D eigenvalue weighted by atomic mass is 35.5. The molecule has 4 aromatic rings. The summed E-state index contributed by atoms with van der Waals surface area (Å²) >= 11 is 6.36. The number of rotatable bonds is 5. The highest BCUT2D eigenvalue weighted by Crippen LogP contribution is 2.37. The summed E-state index contributed by atoms with van der Waals surface area (Å²) in [5, 5.41) is 15.0. The van der Waals surface area contributed by atoms with Crippen molar-refractivity contribution in [3.63, 3.8) is 0 Å². The molecule has 0 saturated heterocycles. The Morgan fingerprint density at radius 1 is 1.20 bits per heavy atom. The second-order valence-electron chi connectivity index (χ2n) is 7.87. The molecule has 0 amide bonds. The molecule has 5 heterocycles. The van der Waals surface area contributed by atoms with Crippen molar-refractivity contribution < 1.29 is 26.7 Å². The van der Waals surface area contributed by atoms with Crippen LogP contribution in [-0.4, -0.2) is 46.4 Å². The molecule has 4 aromatic heterocycles. The van der Waals surface area contributed by atoms with Crippen molar-refractivity contribution >= 4 is 23.2 Å². The van der Waals surface area contributed by atoms with Crippen molar-refractivity contribution in [1.29, 1.82) is 0 Å². The van der Waals surface area contributed by atoms with Gasteiger partial charge in [-0.25, -0.2) is 13.8 Å². The van der Waals surface area contributed by atoms with Gasteiger partial charge in [0.25, 0.3) is 5.92 Å². The maximum absolute atomic E-state index is 14.7. The molecule has 0 fully saturated rings. The van der Waals surface area contributed by atoms with Crippen molar-refractivity contribution in [2.75, 3.05) is 5.32 Å². The zero-order chi connectivity index (χ0) is 25.0. The number of alkyl halides is 5. The van der Waals surface area contributed by atoms with Gasteiger partial charge in [-0.3, -0.25) is 9.42 Å². The van der Waals surface area contributed by atoms with E-state index in [1.54, 1.807) is 36.1 Å². The normalized spacial score (nSPS) is 14.9. The number of nitrogens with one attached hydrogen (secondary N) is 1. The lowest BCUT2D eigenvalue weighted by molar-refractivity contribution is -0.331. The third kappa shape index (κ3) is 4.71. The molecule has 0 saturated carbocycles. The molecule has 1 aliphatic heterocycles. The van der Waals surface area contributed by atoms with E-state index in [-0.39, 0.29) is 22.4 Å². The Balaban J connectivity index is 1.54. The van der Waals surface area contributed by atoms with E-state index < -0.39 is 32.0 Å². The summed E-state index contributed by atoms with van der Waals surface area (Å²) < 4.78 is 74.6. The molecule has 0 atom stereocenters. The number of halogens is 6. The smallest absolute Gasteiger partial charge is 0.338 e. The maximum atomic E-state index is 14.7. The van der Waals surface area contributed by atoms with Crippen molar-refractivity contribution in [2.24, 2.45) is 7.05 Å². The average Bonchev–Trinajstić information content (AvgIpc) is 3.45. The van der Waals surface area contributed by atoms with Crippen LogP contribution in [0.4, 0.5) is 33.6 Å². The summed E-state index contributed by atoms with van der Waals surface area (Å²) in [5.74, 6) is -2.56. The van der Waals surface area contributed by atoms with Crippen LogP contribution in [0.3, 0.4) is 0 Å². The van der Waals surface area contributed by atoms with Gasteiger partial charge in [0.15, 0.2) is 11.6 Å². The molecule has 0 aliphatic carbocycles. The predicted octanol–water partition coefficient (Wildman–Crippen LogP) is 4.62. The number of pyridine rings is 1. The molecule has 15 heteroatoms. The molecule has 0 spiro atoms. The largest absolute Gasteiger partial charge is 0.522 e. The molecule has 0 radical (unpaired) electrons. The molecular weight excluding hydrogens is 499 g/mol. The molecule has 0 unspecified atom stereocenters. The molecule has 35 heavy (non-hydrogen) atoms. The molecule has 184 valence electrons. The van der Waals surface area contributed by atoms with Gasteiger partial charge >= 0.3 is 6.36 Å². The zero-order valence-electron chi connectivity index (χ0n) is 17.9. The summed E-state index contributed by atoms with van der Waals surface area (Å²) in [5.41, 5.74) is 1.24. The molecule has 5 rings (SSSR count). The Morgan fingerprint density at radius 2 is 2.00 bits per heavy atom. The molecule has 0 bridgehead atoms. The first kappa shape index (κ1) is 23.2. The van der Waals surface area contributed by atoms with Gasteiger partial charge in [-0.15, -0.1) is 23.4 Å². The van der Waals surface area contributed by atoms with Crippen molar-refractivity contribution in [2.45, 2.75) is 32.0 Å². The minimum absolute atomic E-state index is 0.00684. The van der Waals surface area contributed by atoms with Gasteiger partial charge in [-0.05, 0) is 12.1 Å². The molecule has 1 N–H and O–H groups in total.